The Balaban J connectivity index is 2.04. The molecule has 1 atom stereocenters. The highest BCUT2D eigenvalue weighted by Crippen LogP contribution is 2.28. The Morgan fingerprint density at radius 1 is 1.18 bits per heavy atom. The van der Waals surface area contributed by atoms with Crippen LogP contribution in [0, 0.1) is 6.92 Å². The summed E-state index contributed by atoms with van der Waals surface area (Å²) >= 11 is 13.5. The molecule has 2 nitrogen and oxygen atoms in total. The number of benzene rings is 2. The van der Waals surface area contributed by atoms with Crippen LogP contribution in [0.1, 0.15) is 18.9 Å². The molecule has 2 rings (SSSR count). The quantitative estimate of drug-likeness (QED) is 0.687. The first-order valence-electron chi connectivity index (χ1n) is 6.99. The third-order valence-electron chi connectivity index (χ3n) is 3.19. The minimum atomic E-state index is -0.166. The minimum Gasteiger partial charge on any atom is -0.325 e. The van der Waals surface area contributed by atoms with E-state index < -0.39 is 0 Å². The Bertz CT molecular complexity index is 658. The molecular weight excluding hydrogens is 337 g/mol. The lowest BCUT2D eigenvalue weighted by molar-refractivity contribution is -0.115. The van der Waals surface area contributed by atoms with Crippen LogP contribution in [0.2, 0.25) is 10.0 Å². The molecule has 0 aromatic heterocycles. The van der Waals surface area contributed by atoms with Gasteiger partial charge in [0.05, 0.1) is 5.25 Å². The summed E-state index contributed by atoms with van der Waals surface area (Å²) in [7, 11) is 0. The van der Waals surface area contributed by atoms with E-state index in [1.54, 1.807) is 6.07 Å². The van der Waals surface area contributed by atoms with Gasteiger partial charge in [0.25, 0.3) is 0 Å². The van der Waals surface area contributed by atoms with E-state index in [1.807, 2.05) is 50.2 Å². The fourth-order valence-electron chi connectivity index (χ4n) is 1.89. The topological polar surface area (TPSA) is 29.1 Å². The number of aryl methyl sites for hydroxylation is 1. The molecule has 0 saturated carbocycles. The monoisotopic (exact) mass is 353 g/mol. The second-order valence-corrected chi connectivity index (χ2v) is 7.04. The normalized spacial score (nSPS) is 12.0. The van der Waals surface area contributed by atoms with Crippen molar-refractivity contribution in [2.24, 2.45) is 0 Å². The second kappa shape index (κ2) is 7.91. The third-order valence-corrected chi connectivity index (χ3v) is 5.23. The highest BCUT2D eigenvalue weighted by molar-refractivity contribution is 8.00. The van der Waals surface area contributed by atoms with Crippen molar-refractivity contribution in [1.82, 2.24) is 0 Å². The molecule has 22 heavy (non-hydrogen) atoms. The molecule has 116 valence electrons. The van der Waals surface area contributed by atoms with Gasteiger partial charge in [-0.05, 0) is 55.3 Å². The average molecular weight is 354 g/mol. The van der Waals surface area contributed by atoms with E-state index in [0.29, 0.717) is 10.0 Å². The van der Waals surface area contributed by atoms with Crippen LogP contribution < -0.4 is 5.32 Å². The van der Waals surface area contributed by atoms with Crippen molar-refractivity contribution in [2.45, 2.75) is 30.4 Å². The van der Waals surface area contributed by atoms with Crippen LogP contribution in [0.4, 0.5) is 5.69 Å². The summed E-state index contributed by atoms with van der Waals surface area (Å²) in [5.74, 6) is -0.0256. The average Bonchev–Trinajstić information content (AvgIpc) is 2.50. The van der Waals surface area contributed by atoms with Gasteiger partial charge in [-0.3, -0.25) is 4.79 Å². The second-order valence-electron chi connectivity index (χ2n) is 4.92. The number of nitrogens with one attached hydrogen (secondary N) is 1. The summed E-state index contributed by atoms with van der Waals surface area (Å²) in [4.78, 5) is 13.4. The first-order valence-corrected chi connectivity index (χ1v) is 8.62. The van der Waals surface area contributed by atoms with Crippen LogP contribution in [0.3, 0.4) is 0 Å². The Morgan fingerprint density at radius 2 is 1.86 bits per heavy atom. The lowest BCUT2D eigenvalue weighted by atomic mass is 10.2. The van der Waals surface area contributed by atoms with Gasteiger partial charge in [0, 0.05) is 20.6 Å². The van der Waals surface area contributed by atoms with Crippen LogP contribution in [-0.2, 0) is 4.79 Å². The van der Waals surface area contributed by atoms with Gasteiger partial charge in [0.1, 0.15) is 0 Å². The number of carbonyl (C=O) groups excluding carboxylic acids is 1. The van der Waals surface area contributed by atoms with Gasteiger partial charge >= 0.3 is 0 Å². The van der Waals surface area contributed by atoms with Crippen LogP contribution in [0.5, 0.6) is 0 Å². The molecule has 1 unspecified atom stereocenters. The van der Waals surface area contributed by atoms with Crippen molar-refractivity contribution in [1.29, 1.82) is 0 Å². The molecule has 1 N–H and O–H groups in total. The zero-order valence-corrected chi connectivity index (χ0v) is 14.7. The van der Waals surface area contributed by atoms with E-state index in [4.69, 9.17) is 23.2 Å². The molecule has 2 aromatic carbocycles. The van der Waals surface area contributed by atoms with Crippen molar-refractivity contribution >= 4 is 46.6 Å². The Kier molecular flexibility index (Phi) is 6.18. The standard InChI is InChI=1S/C17H17Cl2NOS/c1-3-16(22-14-8-5-12(18)6-9-14)17(21)20-13-7-4-11(2)15(19)10-13/h4-10,16H,3H2,1-2H3,(H,20,21). The number of amides is 1. The first kappa shape index (κ1) is 17.2. The fourth-order valence-corrected chi connectivity index (χ4v) is 3.15. The number of halogens is 2. The highest BCUT2D eigenvalue weighted by Gasteiger charge is 2.18. The van der Waals surface area contributed by atoms with Crippen molar-refractivity contribution in [3.05, 3.63) is 58.1 Å². The maximum atomic E-state index is 12.4. The molecule has 0 saturated heterocycles. The van der Waals surface area contributed by atoms with Gasteiger partial charge in [-0.15, -0.1) is 11.8 Å². The molecule has 0 radical (unpaired) electrons. The lowest BCUT2D eigenvalue weighted by Gasteiger charge is -2.15. The van der Waals surface area contributed by atoms with E-state index >= 15 is 0 Å². The smallest absolute Gasteiger partial charge is 0.237 e. The summed E-state index contributed by atoms with van der Waals surface area (Å²) in [6.45, 7) is 3.93. The molecule has 0 aliphatic rings. The maximum Gasteiger partial charge on any atom is 0.237 e. The van der Waals surface area contributed by atoms with E-state index in [9.17, 15) is 4.79 Å². The summed E-state index contributed by atoms with van der Waals surface area (Å²) in [6, 6.07) is 13.0. The molecule has 1 amide bonds. The van der Waals surface area contributed by atoms with Crippen molar-refractivity contribution in [3.8, 4) is 0 Å². The zero-order valence-electron chi connectivity index (χ0n) is 12.4. The van der Waals surface area contributed by atoms with Gasteiger partial charge in [-0.2, -0.15) is 0 Å². The summed E-state index contributed by atoms with van der Waals surface area (Å²) in [5.41, 5.74) is 1.71. The predicted molar refractivity (Wildman–Crippen MR) is 96.2 cm³/mol. The zero-order chi connectivity index (χ0) is 16.1. The van der Waals surface area contributed by atoms with Crippen molar-refractivity contribution < 1.29 is 4.79 Å². The largest absolute Gasteiger partial charge is 0.325 e. The van der Waals surface area contributed by atoms with Gasteiger partial charge < -0.3 is 5.32 Å². The molecule has 5 heteroatoms. The van der Waals surface area contributed by atoms with Gasteiger partial charge in [-0.25, -0.2) is 0 Å². The van der Waals surface area contributed by atoms with Crippen LogP contribution in [0.15, 0.2) is 47.4 Å². The number of anilines is 1. The summed E-state index contributed by atoms with van der Waals surface area (Å²) < 4.78 is 0. The summed E-state index contributed by atoms with van der Waals surface area (Å²) in [5, 5.41) is 4.10. The number of hydrogen-bond donors (Lipinski definition) is 1. The molecule has 0 spiro atoms. The third kappa shape index (κ3) is 4.67. The van der Waals surface area contributed by atoms with E-state index in [1.165, 1.54) is 11.8 Å². The Labute approximate surface area is 145 Å². The molecule has 0 aliphatic heterocycles. The first-order chi connectivity index (χ1) is 10.5. The van der Waals surface area contributed by atoms with Gasteiger partial charge in [0.2, 0.25) is 5.91 Å². The Hall–Kier alpha value is -1.16. The molecule has 2 aromatic rings. The predicted octanol–water partition coefficient (Wildman–Crippen LogP) is 5.81. The highest BCUT2D eigenvalue weighted by atomic mass is 35.5. The van der Waals surface area contributed by atoms with Gasteiger partial charge in [-0.1, -0.05) is 36.2 Å². The van der Waals surface area contributed by atoms with E-state index in [-0.39, 0.29) is 11.2 Å². The Morgan fingerprint density at radius 3 is 2.45 bits per heavy atom. The molecule has 0 bridgehead atoms. The molecule has 0 fully saturated rings. The maximum absolute atomic E-state index is 12.4. The fraction of sp³-hybridized carbons (Fsp3) is 0.235. The molecular formula is C17H17Cl2NOS. The summed E-state index contributed by atoms with van der Waals surface area (Å²) in [6.07, 6.45) is 0.735. The lowest BCUT2D eigenvalue weighted by Crippen LogP contribution is -2.24. The number of hydrogen-bond acceptors (Lipinski definition) is 2. The van der Waals surface area contributed by atoms with Gasteiger partial charge in [0.15, 0.2) is 0 Å². The van der Waals surface area contributed by atoms with Crippen LogP contribution >= 0.6 is 35.0 Å². The van der Waals surface area contributed by atoms with Crippen LogP contribution in [-0.4, -0.2) is 11.2 Å². The molecule has 0 aliphatic carbocycles. The SMILES string of the molecule is CCC(Sc1ccc(Cl)cc1)C(=O)Nc1ccc(C)c(Cl)c1. The molecule has 0 heterocycles. The minimum absolute atomic E-state index is 0.0256. The number of thioether (sulfide) groups is 1. The van der Waals surface area contributed by atoms with Crippen molar-refractivity contribution in [3.63, 3.8) is 0 Å². The van der Waals surface area contributed by atoms with E-state index in [0.717, 1.165) is 22.6 Å². The number of rotatable bonds is 5. The van der Waals surface area contributed by atoms with Crippen LogP contribution in [0.25, 0.3) is 0 Å². The van der Waals surface area contributed by atoms with E-state index in [2.05, 4.69) is 5.32 Å². The van der Waals surface area contributed by atoms with Crippen molar-refractivity contribution in [2.75, 3.05) is 5.32 Å². The number of carbonyl (C=O) groups is 1.